The second kappa shape index (κ2) is 6.66. The summed E-state index contributed by atoms with van der Waals surface area (Å²) in [5.74, 6) is 0.585. The molecular weight excluding hydrogens is 321 g/mol. The summed E-state index contributed by atoms with van der Waals surface area (Å²) in [6, 6.07) is 4.64. The maximum Gasteiger partial charge on any atom is 0.315 e. The standard InChI is InChI=1S/C15H16FN3OS2/c1-9-13(22-8-18-9)7-17-15(20)19-12-5-6-21-14-10(12)3-2-4-11(14)16/h2-4,8,12H,5-7H2,1H3,(H2,17,19,20)/t12-/m0/s1. The number of nitrogens with zero attached hydrogens (tertiary/aromatic N) is 1. The molecule has 0 aliphatic carbocycles. The zero-order valence-electron chi connectivity index (χ0n) is 12.1. The molecule has 116 valence electrons. The fraction of sp³-hybridized carbons (Fsp3) is 0.333. The number of thioether (sulfide) groups is 1. The van der Waals surface area contributed by atoms with Crippen LogP contribution in [-0.4, -0.2) is 16.8 Å². The molecule has 1 atom stereocenters. The van der Waals surface area contributed by atoms with Gasteiger partial charge in [-0.3, -0.25) is 0 Å². The van der Waals surface area contributed by atoms with Gasteiger partial charge in [0.05, 0.1) is 23.8 Å². The normalized spacial score (nSPS) is 16.9. The van der Waals surface area contributed by atoms with Crippen LogP contribution in [0.15, 0.2) is 28.6 Å². The Morgan fingerprint density at radius 2 is 2.36 bits per heavy atom. The molecule has 0 fully saturated rings. The SMILES string of the molecule is Cc1ncsc1CNC(=O)N[C@H]1CCSc2c(F)cccc21. The van der Waals surface area contributed by atoms with Crippen LogP contribution in [0.2, 0.25) is 0 Å². The van der Waals surface area contributed by atoms with E-state index in [0.717, 1.165) is 28.3 Å². The molecule has 2 N–H and O–H groups in total. The largest absolute Gasteiger partial charge is 0.333 e. The average Bonchev–Trinajstić information content (AvgIpc) is 2.92. The number of urea groups is 1. The lowest BCUT2D eigenvalue weighted by Gasteiger charge is -2.26. The number of benzene rings is 1. The Hall–Kier alpha value is -1.60. The van der Waals surface area contributed by atoms with E-state index in [0.29, 0.717) is 11.4 Å². The van der Waals surface area contributed by atoms with E-state index >= 15 is 0 Å². The topological polar surface area (TPSA) is 54.0 Å². The van der Waals surface area contributed by atoms with E-state index in [9.17, 15) is 9.18 Å². The molecule has 0 bridgehead atoms. The summed E-state index contributed by atoms with van der Waals surface area (Å²) < 4.78 is 13.8. The monoisotopic (exact) mass is 337 g/mol. The van der Waals surface area contributed by atoms with Gasteiger partial charge in [0.25, 0.3) is 0 Å². The molecule has 1 aliphatic heterocycles. The molecule has 22 heavy (non-hydrogen) atoms. The highest BCUT2D eigenvalue weighted by Gasteiger charge is 2.24. The van der Waals surface area contributed by atoms with E-state index in [-0.39, 0.29) is 17.9 Å². The summed E-state index contributed by atoms with van der Waals surface area (Å²) in [6.07, 6.45) is 0.800. The van der Waals surface area contributed by atoms with Crippen LogP contribution in [0, 0.1) is 12.7 Å². The maximum atomic E-state index is 13.8. The van der Waals surface area contributed by atoms with Gasteiger partial charge in [-0.25, -0.2) is 14.2 Å². The van der Waals surface area contributed by atoms with Gasteiger partial charge in [0, 0.05) is 15.5 Å². The number of aryl methyl sites for hydroxylation is 1. The van der Waals surface area contributed by atoms with Crippen molar-refractivity contribution in [1.29, 1.82) is 0 Å². The molecule has 0 radical (unpaired) electrons. The molecule has 1 aromatic carbocycles. The predicted octanol–water partition coefficient (Wildman–Crippen LogP) is 3.63. The Morgan fingerprint density at radius 1 is 1.50 bits per heavy atom. The molecule has 0 saturated carbocycles. The summed E-state index contributed by atoms with van der Waals surface area (Å²) in [6.45, 7) is 2.38. The third-order valence-corrected chi connectivity index (χ3v) is 5.68. The van der Waals surface area contributed by atoms with Crippen LogP contribution in [0.3, 0.4) is 0 Å². The zero-order chi connectivity index (χ0) is 15.5. The van der Waals surface area contributed by atoms with E-state index in [4.69, 9.17) is 0 Å². The molecule has 0 unspecified atom stereocenters. The Kier molecular flexibility index (Phi) is 4.63. The van der Waals surface area contributed by atoms with E-state index in [1.165, 1.54) is 29.2 Å². The van der Waals surface area contributed by atoms with Gasteiger partial charge in [0.15, 0.2) is 0 Å². The van der Waals surface area contributed by atoms with Crippen molar-refractivity contribution in [3.05, 3.63) is 45.7 Å². The van der Waals surface area contributed by atoms with Crippen LogP contribution < -0.4 is 10.6 Å². The third kappa shape index (κ3) is 3.25. The number of aromatic nitrogens is 1. The van der Waals surface area contributed by atoms with E-state index in [1.54, 1.807) is 11.6 Å². The molecule has 3 rings (SSSR count). The van der Waals surface area contributed by atoms with Crippen LogP contribution in [0.4, 0.5) is 9.18 Å². The first-order valence-electron chi connectivity index (χ1n) is 6.99. The number of halogens is 1. The van der Waals surface area contributed by atoms with Crippen LogP contribution >= 0.6 is 23.1 Å². The molecule has 2 heterocycles. The quantitative estimate of drug-likeness (QED) is 0.899. The molecule has 7 heteroatoms. The van der Waals surface area contributed by atoms with Gasteiger partial charge in [0.2, 0.25) is 0 Å². The highest BCUT2D eigenvalue weighted by Crippen LogP contribution is 2.37. The lowest BCUT2D eigenvalue weighted by Crippen LogP contribution is -2.38. The molecular formula is C15H16FN3OS2. The minimum Gasteiger partial charge on any atom is -0.333 e. The zero-order valence-corrected chi connectivity index (χ0v) is 13.7. The molecule has 1 aromatic heterocycles. The number of nitrogens with one attached hydrogen (secondary N) is 2. The van der Waals surface area contributed by atoms with Crippen LogP contribution in [0.5, 0.6) is 0 Å². The van der Waals surface area contributed by atoms with Gasteiger partial charge < -0.3 is 10.6 Å². The average molecular weight is 337 g/mol. The second-order valence-corrected chi connectivity index (χ2v) is 7.08. The number of rotatable bonds is 3. The molecule has 2 aromatic rings. The summed E-state index contributed by atoms with van der Waals surface area (Å²) in [5, 5.41) is 5.78. The van der Waals surface area contributed by atoms with Gasteiger partial charge in [-0.2, -0.15) is 0 Å². The second-order valence-electron chi connectivity index (χ2n) is 5.04. The molecule has 0 saturated heterocycles. The first kappa shape index (κ1) is 15.3. The summed E-state index contributed by atoms with van der Waals surface area (Å²) in [4.78, 5) is 17.9. The predicted molar refractivity (Wildman–Crippen MR) is 86.7 cm³/mol. The minimum atomic E-state index is -0.236. The van der Waals surface area contributed by atoms with Crippen molar-refractivity contribution in [2.45, 2.75) is 30.8 Å². The smallest absolute Gasteiger partial charge is 0.315 e. The number of hydrogen-bond donors (Lipinski definition) is 2. The lowest BCUT2D eigenvalue weighted by atomic mass is 10.0. The Morgan fingerprint density at radius 3 is 3.14 bits per heavy atom. The number of thiazole rings is 1. The van der Waals surface area contributed by atoms with Crippen molar-refractivity contribution in [2.24, 2.45) is 0 Å². The number of carbonyl (C=O) groups is 1. The molecule has 1 aliphatic rings. The van der Waals surface area contributed by atoms with Gasteiger partial charge in [0.1, 0.15) is 5.82 Å². The fourth-order valence-corrected chi connectivity index (χ4v) is 4.26. The third-order valence-electron chi connectivity index (χ3n) is 3.59. The number of hydrogen-bond acceptors (Lipinski definition) is 4. The van der Waals surface area contributed by atoms with Crippen LogP contribution in [0.1, 0.15) is 28.6 Å². The van der Waals surface area contributed by atoms with Crippen LogP contribution in [-0.2, 0) is 6.54 Å². The van der Waals surface area contributed by atoms with Gasteiger partial charge in [-0.1, -0.05) is 12.1 Å². The number of amides is 2. The number of carbonyl (C=O) groups excluding carboxylic acids is 1. The summed E-state index contributed by atoms with van der Waals surface area (Å²) in [7, 11) is 0. The van der Waals surface area contributed by atoms with Crippen molar-refractivity contribution in [3.63, 3.8) is 0 Å². The Labute approximate surface area is 136 Å². The fourth-order valence-electron chi connectivity index (χ4n) is 2.40. The van der Waals surface area contributed by atoms with Crippen molar-refractivity contribution in [3.8, 4) is 0 Å². The van der Waals surface area contributed by atoms with Gasteiger partial charge >= 0.3 is 6.03 Å². The van der Waals surface area contributed by atoms with Crippen molar-refractivity contribution < 1.29 is 9.18 Å². The van der Waals surface area contributed by atoms with E-state index in [2.05, 4.69) is 15.6 Å². The van der Waals surface area contributed by atoms with Crippen molar-refractivity contribution >= 4 is 29.1 Å². The Bertz CT molecular complexity index is 689. The number of fused-ring (bicyclic) bond motifs is 1. The summed E-state index contributed by atoms with van der Waals surface area (Å²) >= 11 is 3.03. The molecule has 2 amide bonds. The Balaban J connectivity index is 1.63. The first-order valence-corrected chi connectivity index (χ1v) is 8.86. The minimum absolute atomic E-state index is 0.144. The maximum absolute atomic E-state index is 13.8. The van der Waals surface area contributed by atoms with E-state index in [1.807, 2.05) is 13.0 Å². The van der Waals surface area contributed by atoms with Gasteiger partial charge in [-0.15, -0.1) is 23.1 Å². The summed E-state index contributed by atoms with van der Waals surface area (Å²) in [5.41, 5.74) is 3.56. The van der Waals surface area contributed by atoms with E-state index < -0.39 is 0 Å². The first-order chi connectivity index (χ1) is 10.6. The highest BCUT2D eigenvalue weighted by molar-refractivity contribution is 7.99. The van der Waals surface area contributed by atoms with Crippen molar-refractivity contribution in [2.75, 3.05) is 5.75 Å². The lowest BCUT2D eigenvalue weighted by molar-refractivity contribution is 0.236. The van der Waals surface area contributed by atoms with Gasteiger partial charge in [-0.05, 0) is 25.0 Å². The molecule has 0 spiro atoms. The van der Waals surface area contributed by atoms with Crippen LogP contribution in [0.25, 0.3) is 0 Å². The van der Waals surface area contributed by atoms with Crippen molar-refractivity contribution in [1.82, 2.24) is 15.6 Å². The highest BCUT2D eigenvalue weighted by atomic mass is 32.2. The molecule has 4 nitrogen and oxygen atoms in total.